The summed E-state index contributed by atoms with van der Waals surface area (Å²) in [4.78, 5) is 22.2. The predicted octanol–water partition coefficient (Wildman–Crippen LogP) is 4.75. The van der Waals surface area contributed by atoms with Crippen molar-refractivity contribution in [2.75, 3.05) is 12.4 Å². The van der Waals surface area contributed by atoms with Gasteiger partial charge in [-0.15, -0.1) is 0 Å². The van der Waals surface area contributed by atoms with Gasteiger partial charge in [0.25, 0.3) is 5.91 Å². The number of rotatable bonds is 3. The van der Waals surface area contributed by atoms with E-state index in [0.29, 0.717) is 16.9 Å². The second-order valence-electron chi connectivity index (χ2n) is 7.34. The number of hydrogen-bond donors (Lipinski definition) is 1. The van der Waals surface area contributed by atoms with Gasteiger partial charge in [-0.2, -0.15) is 13.2 Å². The van der Waals surface area contributed by atoms with E-state index < -0.39 is 17.6 Å². The van der Waals surface area contributed by atoms with E-state index in [1.165, 1.54) is 19.2 Å². The maximum Gasteiger partial charge on any atom is 0.418 e. The van der Waals surface area contributed by atoms with Crippen LogP contribution in [0.25, 0.3) is 11.2 Å². The molecule has 3 aromatic rings. The van der Waals surface area contributed by atoms with Crippen molar-refractivity contribution in [2.45, 2.75) is 45.3 Å². The quantitative estimate of drug-likeness (QED) is 0.667. The lowest BCUT2D eigenvalue weighted by atomic mass is 10.1. The summed E-state index contributed by atoms with van der Waals surface area (Å²) in [7, 11) is 1.28. The molecule has 30 heavy (non-hydrogen) atoms. The lowest BCUT2D eigenvalue weighted by molar-refractivity contribution is -0.137. The molecule has 2 aromatic heterocycles. The highest BCUT2D eigenvalue weighted by atomic mass is 19.4. The molecule has 1 amide bonds. The van der Waals surface area contributed by atoms with E-state index in [-0.39, 0.29) is 17.0 Å². The fourth-order valence-electron chi connectivity index (χ4n) is 3.77. The molecular formula is C21H21F3N4O2. The van der Waals surface area contributed by atoms with Gasteiger partial charge < -0.3 is 14.6 Å². The van der Waals surface area contributed by atoms with Gasteiger partial charge in [0.05, 0.1) is 23.9 Å². The molecule has 0 unspecified atom stereocenters. The van der Waals surface area contributed by atoms with Crippen molar-refractivity contribution < 1.29 is 22.7 Å². The molecule has 0 fully saturated rings. The minimum atomic E-state index is -4.65. The zero-order valence-electron chi connectivity index (χ0n) is 16.6. The summed E-state index contributed by atoms with van der Waals surface area (Å²) in [6.45, 7) is 2.52. The zero-order chi connectivity index (χ0) is 21.5. The van der Waals surface area contributed by atoms with Crippen LogP contribution in [0, 0.1) is 6.92 Å². The molecule has 1 N–H and O–H groups in total. The van der Waals surface area contributed by atoms with E-state index in [1.54, 1.807) is 13.0 Å². The third kappa shape index (κ3) is 3.71. The molecule has 0 aliphatic carbocycles. The summed E-state index contributed by atoms with van der Waals surface area (Å²) in [6, 6.07) is 4.98. The summed E-state index contributed by atoms with van der Waals surface area (Å²) in [5.41, 5.74) is 0.516. The van der Waals surface area contributed by atoms with Crippen LogP contribution in [0.5, 0.6) is 5.75 Å². The van der Waals surface area contributed by atoms with Crippen LogP contribution in [-0.4, -0.2) is 27.6 Å². The Morgan fingerprint density at radius 1 is 1.17 bits per heavy atom. The number of fused-ring (bicyclic) bond motifs is 3. The highest BCUT2D eigenvalue weighted by Crippen LogP contribution is 2.37. The van der Waals surface area contributed by atoms with Gasteiger partial charge in [-0.1, -0.05) is 6.42 Å². The highest BCUT2D eigenvalue weighted by molar-refractivity contribution is 6.11. The van der Waals surface area contributed by atoms with Gasteiger partial charge in [0.15, 0.2) is 5.65 Å². The Hall–Kier alpha value is -3.10. The second kappa shape index (κ2) is 7.62. The number of nitrogens with zero attached hydrogens (tertiary/aromatic N) is 3. The first-order valence-corrected chi connectivity index (χ1v) is 9.71. The minimum Gasteiger partial charge on any atom is -0.497 e. The number of carbonyl (C=O) groups is 1. The number of pyridine rings is 1. The van der Waals surface area contributed by atoms with Crippen LogP contribution in [0.2, 0.25) is 0 Å². The number of anilines is 1. The molecule has 158 valence electrons. The van der Waals surface area contributed by atoms with Crippen molar-refractivity contribution in [1.82, 2.24) is 14.5 Å². The topological polar surface area (TPSA) is 69.0 Å². The van der Waals surface area contributed by atoms with Gasteiger partial charge in [-0.3, -0.25) is 4.79 Å². The largest absolute Gasteiger partial charge is 0.497 e. The Kier molecular flexibility index (Phi) is 5.13. The van der Waals surface area contributed by atoms with Gasteiger partial charge in [0.1, 0.15) is 17.1 Å². The standard InChI is InChI=1S/C21H21F3N4O2/c1-12-10-14(18-19(25-12)28-9-5-3-4-6-17(28)27-18)20(29)26-16-8-7-13(30-2)11-15(16)21(22,23)24/h7-8,10-11H,3-6,9H2,1-2H3,(H,26,29). The third-order valence-electron chi connectivity index (χ3n) is 5.22. The fraction of sp³-hybridized carbons (Fsp3) is 0.381. The Bertz CT molecular complexity index is 1120. The highest BCUT2D eigenvalue weighted by Gasteiger charge is 2.35. The SMILES string of the molecule is COc1ccc(NC(=O)c2cc(C)nc3c2nc2n3CCCCC2)c(C(F)(F)F)c1. The summed E-state index contributed by atoms with van der Waals surface area (Å²) in [5.74, 6) is 0.254. The Morgan fingerprint density at radius 3 is 2.70 bits per heavy atom. The number of halogens is 3. The molecule has 6 nitrogen and oxygen atoms in total. The second-order valence-corrected chi connectivity index (χ2v) is 7.34. The summed E-state index contributed by atoms with van der Waals surface area (Å²) in [6.07, 6.45) is -0.762. The molecule has 4 rings (SSSR count). The normalized spacial score (nSPS) is 14.3. The number of aromatic nitrogens is 3. The van der Waals surface area contributed by atoms with Gasteiger partial charge in [0, 0.05) is 18.7 Å². The molecule has 0 bridgehead atoms. The average molecular weight is 418 g/mol. The number of aryl methyl sites for hydroxylation is 3. The van der Waals surface area contributed by atoms with Gasteiger partial charge in [0.2, 0.25) is 0 Å². The number of alkyl halides is 3. The van der Waals surface area contributed by atoms with Crippen LogP contribution in [0.15, 0.2) is 24.3 Å². The van der Waals surface area contributed by atoms with Crippen LogP contribution in [0.1, 0.15) is 46.7 Å². The molecular weight excluding hydrogens is 397 g/mol. The summed E-state index contributed by atoms with van der Waals surface area (Å²) >= 11 is 0. The van der Waals surface area contributed by atoms with Crippen LogP contribution in [0.4, 0.5) is 18.9 Å². The number of hydrogen-bond acceptors (Lipinski definition) is 4. The van der Waals surface area contributed by atoms with E-state index in [4.69, 9.17) is 4.74 Å². The Balaban J connectivity index is 1.76. The van der Waals surface area contributed by atoms with Crippen molar-refractivity contribution in [3.8, 4) is 5.75 Å². The van der Waals surface area contributed by atoms with E-state index in [0.717, 1.165) is 44.1 Å². The first-order chi connectivity index (χ1) is 14.3. The maximum atomic E-state index is 13.5. The van der Waals surface area contributed by atoms with Crippen molar-refractivity contribution >= 4 is 22.8 Å². The molecule has 0 saturated carbocycles. The number of benzene rings is 1. The fourth-order valence-corrected chi connectivity index (χ4v) is 3.77. The van der Waals surface area contributed by atoms with E-state index in [2.05, 4.69) is 15.3 Å². The molecule has 0 radical (unpaired) electrons. The van der Waals surface area contributed by atoms with Crippen LogP contribution >= 0.6 is 0 Å². The third-order valence-corrected chi connectivity index (χ3v) is 5.22. The first kappa shape index (κ1) is 20.2. The number of imidazole rings is 1. The molecule has 0 spiro atoms. The van der Waals surface area contributed by atoms with Gasteiger partial charge >= 0.3 is 6.18 Å². The lowest BCUT2D eigenvalue weighted by Crippen LogP contribution is -2.17. The predicted molar refractivity (Wildman–Crippen MR) is 106 cm³/mol. The monoisotopic (exact) mass is 418 g/mol. The van der Waals surface area contributed by atoms with Crippen LogP contribution < -0.4 is 10.1 Å². The first-order valence-electron chi connectivity index (χ1n) is 9.71. The molecule has 0 atom stereocenters. The number of carbonyl (C=O) groups excluding carboxylic acids is 1. The number of amides is 1. The van der Waals surface area contributed by atoms with E-state index in [1.807, 2.05) is 4.57 Å². The molecule has 9 heteroatoms. The lowest BCUT2D eigenvalue weighted by Gasteiger charge is -2.15. The molecule has 1 aromatic carbocycles. The summed E-state index contributed by atoms with van der Waals surface area (Å²) in [5, 5.41) is 2.41. The number of ether oxygens (including phenoxy) is 1. The molecule has 1 aliphatic heterocycles. The van der Waals surface area contributed by atoms with Gasteiger partial charge in [-0.25, -0.2) is 9.97 Å². The van der Waals surface area contributed by atoms with Crippen LogP contribution in [-0.2, 0) is 19.1 Å². The zero-order valence-corrected chi connectivity index (χ0v) is 16.6. The molecule has 1 aliphatic rings. The van der Waals surface area contributed by atoms with Crippen molar-refractivity contribution in [3.63, 3.8) is 0 Å². The van der Waals surface area contributed by atoms with Crippen LogP contribution in [0.3, 0.4) is 0 Å². The average Bonchev–Trinajstić information content (AvgIpc) is 2.88. The molecule has 3 heterocycles. The molecule has 0 saturated heterocycles. The van der Waals surface area contributed by atoms with E-state index >= 15 is 0 Å². The minimum absolute atomic E-state index is 0.0558. The number of methoxy groups -OCH3 is 1. The maximum absolute atomic E-state index is 13.5. The van der Waals surface area contributed by atoms with Crippen molar-refractivity contribution in [2.24, 2.45) is 0 Å². The Morgan fingerprint density at radius 2 is 1.97 bits per heavy atom. The Labute approximate surface area is 171 Å². The van der Waals surface area contributed by atoms with Crippen molar-refractivity contribution in [1.29, 1.82) is 0 Å². The van der Waals surface area contributed by atoms with E-state index in [9.17, 15) is 18.0 Å². The number of nitrogens with one attached hydrogen (secondary N) is 1. The smallest absolute Gasteiger partial charge is 0.418 e. The summed E-state index contributed by atoms with van der Waals surface area (Å²) < 4.78 is 47.4. The van der Waals surface area contributed by atoms with Crippen molar-refractivity contribution in [3.05, 3.63) is 46.9 Å². The van der Waals surface area contributed by atoms with Gasteiger partial charge in [-0.05, 0) is 44.0 Å².